The highest BCUT2D eigenvalue weighted by atomic mass is 32.2. The second-order valence-corrected chi connectivity index (χ2v) is 8.88. The van der Waals surface area contributed by atoms with Crippen molar-refractivity contribution in [2.45, 2.75) is 25.7 Å². The van der Waals surface area contributed by atoms with Crippen LogP contribution in [0, 0.1) is 20.8 Å². The molecule has 0 aliphatic heterocycles. The van der Waals surface area contributed by atoms with E-state index in [9.17, 15) is 8.42 Å². The zero-order valence-corrected chi connectivity index (χ0v) is 18.2. The topological polar surface area (TPSA) is 102 Å². The third-order valence-electron chi connectivity index (χ3n) is 4.67. The average molecular weight is 435 g/mol. The fourth-order valence-corrected chi connectivity index (χ4v) is 5.00. The molecule has 0 atom stereocenters. The molecule has 0 aliphatic rings. The van der Waals surface area contributed by atoms with Crippen molar-refractivity contribution in [2.24, 2.45) is 0 Å². The number of aryl methyl sites for hydroxylation is 3. The van der Waals surface area contributed by atoms with Crippen molar-refractivity contribution in [3.63, 3.8) is 0 Å². The first kappa shape index (κ1) is 20.5. The molecule has 0 unspecified atom stereocenters. The Hall–Kier alpha value is -3.72. The lowest BCUT2D eigenvalue weighted by molar-refractivity contribution is 0.600. The van der Waals surface area contributed by atoms with Gasteiger partial charge in [-0.25, -0.2) is 13.1 Å². The first-order valence-electron chi connectivity index (χ1n) is 9.63. The highest BCUT2D eigenvalue weighted by molar-refractivity contribution is 7.92. The Morgan fingerprint density at radius 3 is 2.13 bits per heavy atom. The first-order valence-corrected chi connectivity index (χ1v) is 11.1. The molecule has 2 aromatic heterocycles. The van der Waals surface area contributed by atoms with Gasteiger partial charge in [0.25, 0.3) is 10.0 Å². The molecule has 4 rings (SSSR count). The number of nitrogens with zero attached hydrogens (tertiary/aromatic N) is 4. The molecule has 2 N–H and O–H groups in total. The van der Waals surface area contributed by atoms with Gasteiger partial charge in [0.15, 0.2) is 11.6 Å². The molecule has 4 aromatic rings. The Morgan fingerprint density at radius 1 is 0.871 bits per heavy atom. The maximum Gasteiger partial charge on any atom is 0.262 e. The Morgan fingerprint density at radius 2 is 1.55 bits per heavy atom. The zero-order chi connectivity index (χ0) is 22.0. The summed E-state index contributed by atoms with van der Waals surface area (Å²) in [5, 5.41) is 15.5. The standard InChI is InChI=1S/C22H22N6O2S/c1-15-13-16(2)22(17(3)14-15)31(29,30)27-19-7-5-18(6-8-19)24-20-9-10-21(26-25-20)28-12-4-11-23-28/h4-14,27H,1-3H3,(H,24,25). The Kier molecular flexibility index (Phi) is 5.43. The Balaban J connectivity index is 1.47. The third-order valence-corrected chi connectivity index (χ3v) is 6.36. The van der Waals surface area contributed by atoms with E-state index in [-0.39, 0.29) is 0 Å². The van der Waals surface area contributed by atoms with E-state index in [4.69, 9.17) is 0 Å². The minimum Gasteiger partial charge on any atom is -0.339 e. The van der Waals surface area contributed by atoms with Crippen molar-refractivity contribution >= 4 is 27.2 Å². The van der Waals surface area contributed by atoms with E-state index in [1.165, 1.54) is 0 Å². The van der Waals surface area contributed by atoms with Crippen LogP contribution in [0.2, 0.25) is 0 Å². The van der Waals surface area contributed by atoms with Crippen LogP contribution in [-0.4, -0.2) is 28.4 Å². The maximum atomic E-state index is 12.9. The number of sulfonamides is 1. The highest BCUT2D eigenvalue weighted by Crippen LogP contribution is 2.25. The van der Waals surface area contributed by atoms with Gasteiger partial charge in [-0.3, -0.25) is 4.72 Å². The van der Waals surface area contributed by atoms with E-state index in [0.717, 1.165) is 22.4 Å². The molecule has 9 heteroatoms. The molecule has 0 fully saturated rings. The predicted molar refractivity (Wildman–Crippen MR) is 120 cm³/mol. The Bertz CT molecular complexity index is 1280. The summed E-state index contributed by atoms with van der Waals surface area (Å²) < 4.78 is 30.1. The minimum absolute atomic E-state index is 0.313. The molecule has 0 radical (unpaired) electrons. The van der Waals surface area contributed by atoms with Crippen LogP contribution in [0.15, 0.2) is 71.9 Å². The number of rotatable bonds is 6. The molecule has 0 saturated carbocycles. The second-order valence-electron chi connectivity index (χ2n) is 7.26. The van der Waals surface area contributed by atoms with Crippen molar-refractivity contribution in [2.75, 3.05) is 10.0 Å². The van der Waals surface area contributed by atoms with Crippen LogP contribution in [0.5, 0.6) is 0 Å². The summed E-state index contributed by atoms with van der Waals surface area (Å²) in [6, 6.07) is 16.1. The number of aromatic nitrogens is 4. The minimum atomic E-state index is -3.69. The van der Waals surface area contributed by atoms with Gasteiger partial charge in [-0.05, 0) is 74.4 Å². The van der Waals surface area contributed by atoms with E-state index in [1.54, 1.807) is 67.3 Å². The SMILES string of the molecule is Cc1cc(C)c(S(=O)(=O)Nc2ccc(Nc3ccc(-n4cccn4)nn3)cc2)c(C)c1. The number of hydrogen-bond donors (Lipinski definition) is 2. The molecule has 2 heterocycles. The summed E-state index contributed by atoms with van der Waals surface area (Å²) in [5.74, 6) is 1.18. The van der Waals surface area contributed by atoms with Gasteiger partial charge in [-0.2, -0.15) is 5.10 Å². The first-order chi connectivity index (χ1) is 14.8. The van der Waals surface area contributed by atoms with Crippen molar-refractivity contribution < 1.29 is 8.42 Å². The number of nitrogens with one attached hydrogen (secondary N) is 2. The summed E-state index contributed by atoms with van der Waals surface area (Å²) >= 11 is 0. The van der Waals surface area contributed by atoms with Crippen LogP contribution in [-0.2, 0) is 10.0 Å². The largest absolute Gasteiger partial charge is 0.339 e. The van der Waals surface area contributed by atoms with Gasteiger partial charge in [-0.1, -0.05) is 17.7 Å². The van der Waals surface area contributed by atoms with E-state index >= 15 is 0 Å². The van der Waals surface area contributed by atoms with Crippen molar-refractivity contribution in [1.82, 2.24) is 20.0 Å². The number of benzene rings is 2. The smallest absolute Gasteiger partial charge is 0.262 e. The molecule has 0 bridgehead atoms. The van der Waals surface area contributed by atoms with Gasteiger partial charge in [0, 0.05) is 23.8 Å². The summed E-state index contributed by atoms with van der Waals surface area (Å²) in [4.78, 5) is 0.313. The fourth-order valence-electron chi connectivity index (χ4n) is 3.48. The summed E-state index contributed by atoms with van der Waals surface area (Å²) in [6.45, 7) is 5.56. The van der Waals surface area contributed by atoms with E-state index in [1.807, 2.05) is 25.1 Å². The molecule has 0 aliphatic carbocycles. The van der Waals surface area contributed by atoms with Gasteiger partial charge >= 0.3 is 0 Å². The van der Waals surface area contributed by atoms with E-state index in [0.29, 0.717) is 22.2 Å². The van der Waals surface area contributed by atoms with E-state index < -0.39 is 10.0 Å². The molecule has 2 aromatic carbocycles. The quantitative estimate of drug-likeness (QED) is 0.473. The molecular weight excluding hydrogens is 412 g/mol. The molecular formula is C22H22N6O2S. The zero-order valence-electron chi connectivity index (χ0n) is 17.4. The lowest BCUT2D eigenvalue weighted by Gasteiger charge is -2.14. The van der Waals surface area contributed by atoms with Crippen LogP contribution in [0.3, 0.4) is 0 Å². The lowest BCUT2D eigenvalue weighted by Crippen LogP contribution is -2.16. The van der Waals surface area contributed by atoms with Gasteiger partial charge in [0.1, 0.15) is 0 Å². The summed E-state index contributed by atoms with van der Waals surface area (Å²) in [7, 11) is -3.69. The predicted octanol–water partition coefficient (Wildman–Crippen LogP) is 4.13. The number of anilines is 3. The monoisotopic (exact) mass is 434 g/mol. The van der Waals surface area contributed by atoms with Crippen LogP contribution in [0.1, 0.15) is 16.7 Å². The lowest BCUT2D eigenvalue weighted by atomic mass is 10.1. The highest BCUT2D eigenvalue weighted by Gasteiger charge is 2.20. The number of hydrogen-bond acceptors (Lipinski definition) is 6. The van der Waals surface area contributed by atoms with Crippen LogP contribution in [0.4, 0.5) is 17.2 Å². The molecule has 0 saturated heterocycles. The van der Waals surface area contributed by atoms with Crippen molar-refractivity contribution in [3.8, 4) is 5.82 Å². The van der Waals surface area contributed by atoms with Gasteiger partial charge in [0.05, 0.1) is 4.90 Å². The van der Waals surface area contributed by atoms with Gasteiger partial charge in [0.2, 0.25) is 0 Å². The summed E-state index contributed by atoms with van der Waals surface area (Å²) in [6.07, 6.45) is 3.46. The molecule has 0 spiro atoms. The van der Waals surface area contributed by atoms with Gasteiger partial charge in [-0.15, -0.1) is 10.2 Å². The average Bonchev–Trinajstić information content (AvgIpc) is 3.23. The van der Waals surface area contributed by atoms with Gasteiger partial charge < -0.3 is 5.32 Å². The second kappa shape index (κ2) is 8.19. The van der Waals surface area contributed by atoms with E-state index in [2.05, 4.69) is 25.3 Å². The normalized spacial score (nSPS) is 11.3. The Labute approximate surface area is 181 Å². The van der Waals surface area contributed by atoms with Crippen molar-refractivity contribution in [3.05, 3.63) is 83.7 Å². The van der Waals surface area contributed by atoms with Crippen molar-refractivity contribution in [1.29, 1.82) is 0 Å². The maximum absolute atomic E-state index is 12.9. The molecule has 158 valence electrons. The molecule has 31 heavy (non-hydrogen) atoms. The van der Waals surface area contributed by atoms with Crippen LogP contribution < -0.4 is 10.0 Å². The fraction of sp³-hybridized carbons (Fsp3) is 0.136. The molecule has 8 nitrogen and oxygen atoms in total. The summed E-state index contributed by atoms with van der Waals surface area (Å²) in [5.41, 5.74) is 3.71. The van der Waals surface area contributed by atoms with Crippen LogP contribution in [0.25, 0.3) is 5.82 Å². The van der Waals surface area contributed by atoms with Crippen LogP contribution >= 0.6 is 0 Å². The molecule has 0 amide bonds. The third kappa shape index (κ3) is 4.56.